The van der Waals surface area contributed by atoms with E-state index in [1.54, 1.807) is 24.3 Å². The van der Waals surface area contributed by atoms with Gasteiger partial charge in [0.2, 0.25) is 17.5 Å². The summed E-state index contributed by atoms with van der Waals surface area (Å²) in [6.45, 7) is 7.28. The maximum atomic E-state index is 9.47. The van der Waals surface area contributed by atoms with Gasteiger partial charge in [0, 0.05) is 11.6 Å². The maximum Gasteiger partial charge on any atom is 0.236 e. The Morgan fingerprint density at radius 2 is 1.78 bits per heavy atom. The predicted molar refractivity (Wildman–Crippen MR) is 127 cm³/mol. The summed E-state index contributed by atoms with van der Waals surface area (Å²) in [5, 5.41) is 13.4. The molecule has 0 spiro atoms. The first kappa shape index (κ1) is 23.6. The molecule has 0 aliphatic heterocycles. The van der Waals surface area contributed by atoms with Gasteiger partial charge in [-0.1, -0.05) is 56.6 Å². The van der Waals surface area contributed by atoms with E-state index < -0.39 is 0 Å². The summed E-state index contributed by atoms with van der Waals surface area (Å²) in [5.74, 6) is 1.32. The number of nitrogens with one attached hydrogen (secondary N) is 1. The Morgan fingerprint density at radius 1 is 1.12 bits per heavy atom. The first-order valence-electron chi connectivity index (χ1n) is 10.5. The molecule has 0 radical (unpaired) electrons. The van der Waals surface area contributed by atoms with Crippen LogP contribution in [0.2, 0.25) is 5.02 Å². The van der Waals surface area contributed by atoms with Crippen molar-refractivity contribution in [2.75, 3.05) is 26.0 Å². The summed E-state index contributed by atoms with van der Waals surface area (Å²) < 4.78 is 11.4. The number of likely N-dealkylation sites (N-methyl/N-ethyl adjacent to an activating group) is 1. The van der Waals surface area contributed by atoms with Crippen LogP contribution in [-0.4, -0.2) is 30.5 Å². The van der Waals surface area contributed by atoms with Crippen molar-refractivity contribution < 1.29 is 9.15 Å². The van der Waals surface area contributed by atoms with Gasteiger partial charge in [0.15, 0.2) is 6.61 Å². The number of nitrogens with zero attached hydrogens (tertiary/aromatic N) is 3. The lowest BCUT2D eigenvalue weighted by molar-refractivity contribution is 0.264. The Labute approximate surface area is 194 Å². The highest BCUT2D eigenvalue weighted by atomic mass is 35.5. The van der Waals surface area contributed by atoms with E-state index in [1.165, 1.54) is 11.1 Å². The van der Waals surface area contributed by atoms with E-state index in [4.69, 9.17) is 20.8 Å². The number of nitriles is 1. The maximum absolute atomic E-state index is 9.47. The second kappa shape index (κ2) is 10.1. The van der Waals surface area contributed by atoms with Crippen molar-refractivity contribution in [1.29, 1.82) is 5.26 Å². The van der Waals surface area contributed by atoms with Gasteiger partial charge in [0.25, 0.3) is 0 Å². The zero-order valence-electron chi connectivity index (χ0n) is 19.1. The Bertz CT molecular complexity index is 1060. The average Bonchev–Trinajstić information content (AvgIpc) is 3.15. The quantitative estimate of drug-likeness (QED) is 0.466. The van der Waals surface area contributed by atoms with Crippen LogP contribution in [-0.2, 0) is 12.0 Å². The van der Waals surface area contributed by atoms with Crippen molar-refractivity contribution in [3.05, 3.63) is 76.3 Å². The third-order valence-electron chi connectivity index (χ3n) is 5.19. The molecule has 1 heterocycles. The van der Waals surface area contributed by atoms with E-state index in [0.717, 1.165) is 0 Å². The first-order chi connectivity index (χ1) is 15.2. The van der Waals surface area contributed by atoms with E-state index in [1.807, 2.05) is 14.1 Å². The van der Waals surface area contributed by atoms with Crippen LogP contribution >= 0.6 is 11.6 Å². The highest BCUT2D eigenvalue weighted by molar-refractivity contribution is 6.30. The summed E-state index contributed by atoms with van der Waals surface area (Å²) in [4.78, 5) is 6.37. The smallest absolute Gasteiger partial charge is 0.236 e. The fourth-order valence-electron chi connectivity index (χ4n) is 3.29. The number of ether oxygens (including phenoxy) is 1. The molecule has 3 aromatic rings. The second-order valence-electron chi connectivity index (χ2n) is 8.87. The first-order valence-corrected chi connectivity index (χ1v) is 10.8. The van der Waals surface area contributed by atoms with Crippen LogP contribution in [0.1, 0.15) is 49.5 Å². The van der Waals surface area contributed by atoms with Crippen LogP contribution < -0.4 is 10.1 Å². The van der Waals surface area contributed by atoms with E-state index in [9.17, 15) is 5.26 Å². The molecular weight excluding hydrogens is 424 g/mol. The van der Waals surface area contributed by atoms with Gasteiger partial charge in [0.1, 0.15) is 11.8 Å². The van der Waals surface area contributed by atoms with Gasteiger partial charge < -0.3 is 19.4 Å². The van der Waals surface area contributed by atoms with Gasteiger partial charge in [-0.25, -0.2) is 0 Å². The minimum atomic E-state index is 0.0921. The molecule has 0 aliphatic rings. The van der Waals surface area contributed by atoms with E-state index in [2.05, 4.69) is 66.3 Å². The number of anilines is 1. The molecule has 7 heteroatoms. The molecular formula is C25H29ClN4O2. The summed E-state index contributed by atoms with van der Waals surface area (Å²) in [5.41, 5.74) is 2.79. The van der Waals surface area contributed by atoms with Crippen LogP contribution in [0.15, 0.2) is 52.9 Å². The third-order valence-corrected chi connectivity index (χ3v) is 5.45. The van der Waals surface area contributed by atoms with Crippen LogP contribution in [0.3, 0.4) is 0 Å². The minimum Gasteiger partial charge on any atom is -0.484 e. The van der Waals surface area contributed by atoms with Gasteiger partial charge >= 0.3 is 0 Å². The molecule has 168 valence electrons. The molecule has 6 nitrogen and oxygen atoms in total. The Hall–Kier alpha value is -3.01. The molecule has 0 amide bonds. The third kappa shape index (κ3) is 6.03. The number of benzene rings is 2. The fraction of sp³-hybridized carbons (Fsp3) is 0.360. The average molecular weight is 453 g/mol. The molecule has 0 unspecified atom stereocenters. The number of hydrogen-bond donors (Lipinski definition) is 1. The Kier molecular flexibility index (Phi) is 7.44. The van der Waals surface area contributed by atoms with Gasteiger partial charge in [-0.05, 0) is 54.9 Å². The van der Waals surface area contributed by atoms with Crippen molar-refractivity contribution in [1.82, 2.24) is 9.88 Å². The molecule has 2 aromatic carbocycles. The normalized spacial score (nSPS) is 12.4. The van der Waals surface area contributed by atoms with Crippen LogP contribution in [0.25, 0.3) is 0 Å². The molecule has 1 aromatic heterocycles. The minimum absolute atomic E-state index is 0.0921. The summed E-state index contributed by atoms with van der Waals surface area (Å²) >= 11 is 5.89. The molecule has 32 heavy (non-hydrogen) atoms. The largest absolute Gasteiger partial charge is 0.484 e. The fourth-order valence-corrected chi connectivity index (χ4v) is 3.42. The SMILES string of the molecule is CN(C)[C@@H](CNc1oc(COc2ccc(Cl)cc2)nc1C#N)c1ccc(C(C)(C)C)cc1. The molecule has 0 bridgehead atoms. The van der Waals surface area contributed by atoms with Crippen molar-refractivity contribution in [2.45, 2.75) is 38.8 Å². The molecule has 0 saturated heterocycles. The number of aromatic nitrogens is 1. The topological polar surface area (TPSA) is 74.3 Å². The van der Waals surface area contributed by atoms with Crippen LogP contribution in [0, 0.1) is 11.3 Å². The van der Waals surface area contributed by atoms with Crippen molar-refractivity contribution in [3.63, 3.8) is 0 Å². The monoisotopic (exact) mass is 452 g/mol. The number of oxazole rings is 1. The Morgan fingerprint density at radius 3 is 2.34 bits per heavy atom. The molecule has 0 aliphatic carbocycles. The zero-order chi connectivity index (χ0) is 23.3. The highest BCUT2D eigenvalue weighted by Gasteiger charge is 2.20. The molecule has 1 atom stereocenters. The standard InChI is InChI=1S/C25H29ClN4O2/c1-25(2,3)18-8-6-17(7-9-18)22(30(4)5)15-28-24-21(14-27)29-23(32-24)16-31-20-12-10-19(26)11-13-20/h6-13,22,28H,15-16H2,1-5H3/t22-/m0/s1. The molecule has 3 rings (SSSR count). The van der Waals surface area contributed by atoms with Gasteiger partial charge in [0.05, 0.1) is 6.04 Å². The van der Waals surface area contributed by atoms with Crippen LogP contribution in [0.4, 0.5) is 5.88 Å². The molecule has 0 saturated carbocycles. The van der Waals surface area contributed by atoms with Gasteiger partial charge in [-0.2, -0.15) is 10.2 Å². The van der Waals surface area contributed by atoms with E-state index in [-0.39, 0.29) is 23.8 Å². The van der Waals surface area contributed by atoms with Crippen molar-refractivity contribution in [3.8, 4) is 11.8 Å². The number of halogens is 1. The lowest BCUT2D eigenvalue weighted by Gasteiger charge is -2.26. The number of rotatable bonds is 8. The van der Waals surface area contributed by atoms with Crippen molar-refractivity contribution >= 4 is 17.5 Å². The summed E-state index contributed by atoms with van der Waals surface area (Å²) in [6.07, 6.45) is 0. The van der Waals surface area contributed by atoms with Gasteiger partial charge in [-0.3, -0.25) is 0 Å². The molecule has 0 fully saturated rings. The predicted octanol–water partition coefficient (Wildman–Crippen LogP) is 5.79. The summed E-state index contributed by atoms with van der Waals surface area (Å²) in [7, 11) is 4.06. The highest BCUT2D eigenvalue weighted by Crippen LogP contribution is 2.27. The van der Waals surface area contributed by atoms with E-state index in [0.29, 0.717) is 29.1 Å². The molecule has 1 N–H and O–H groups in total. The summed E-state index contributed by atoms with van der Waals surface area (Å²) in [6, 6.07) is 17.9. The lowest BCUT2D eigenvalue weighted by atomic mass is 9.86. The van der Waals surface area contributed by atoms with Crippen molar-refractivity contribution in [2.24, 2.45) is 0 Å². The zero-order valence-corrected chi connectivity index (χ0v) is 19.9. The lowest BCUT2D eigenvalue weighted by Crippen LogP contribution is -2.27. The van der Waals surface area contributed by atoms with Gasteiger partial charge in [-0.15, -0.1) is 0 Å². The number of hydrogen-bond acceptors (Lipinski definition) is 6. The second-order valence-corrected chi connectivity index (χ2v) is 9.31. The van der Waals surface area contributed by atoms with Crippen LogP contribution in [0.5, 0.6) is 5.75 Å². The Balaban J connectivity index is 1.68. The van der Waals surface area contributed by atoms with E-state index >= 15 is 0 Å².